The summed E-state index contributed by atoms with van der Waals surface area (Å²) >= 11 is 0. The minimum Gasteiger partial charge on any atom is -0.478 e. The molecule has 0 amide bonds. The predicted octanol–water partition coefficient (Wildman–Crippen LogP) is 2.68. The molecule has 0 radical (unpaired) electrons. The molecule has 0 aliphatic carbocycles. The van der Waals surface area contributed by atoms with Crippen LogP contribution < -0.4 is 0 Å². The molecule has 5 heteroatoms. The molecule has 2 aromatic heterocycles. The summed E-state index contributed by atoms with van der Waals surface area (Å²) in [4.78, 5) is 11.3. The highest BCUT2D eigenvalue weighted by Crippen LogP contribution is 2.32. The number of furan rings is 1. The van der Waals surface area contributed by atoms with Crippen molar-refractivity contribution in [3.63, 3.8) is 0 Å². The Hall–Kier alpha value is -2.04. The zero-order valence-corrected chi connectivity index (χ0v) is 10.9. The van der Waals surface area contributed by atoms with Crippen LogP contribution in [0.4, 0.5) is 0 Å². The fourth-order valence-electron chi connectivity index (χ4n) is 1.71. The van der Waals surface area contributed by atoms with E-state index in [0.29, 0.717) is 17.2 Å². The largest absolute Gasteiger partial charge is 0.478 e. The second-order valence-corrected chi connectivity index (χ2v) is 5.25. The van der Waals surface area contributed by atoms with Crippen LogP contribution >= 0.6 is 0 Å². The van der Waals surface area contributed by atoms with Gasteiger partial charge in [0.1, 0.15) is 17.0 Å². The third-order valence-corrected chi connectivity index (χ3v) is 2.76. The van der Waals surface area contributed by atoms with Crippen molar-refractivity contribution in [3.05, 3.63) is 29.7 Å². The normalized spacial score (nSPS) is 11.8. The Bertz CT molecular complexity index is 588. The van der Waals surface area contributed by atoms with E-state index < -0.39 is 5.97 Å². The Labute approximate surface area is 105 Å². The molecular weight excluding hydrogens is 232 g/mol. The summed E-state index contributed by atoms with van der Waals surface area (Å²) in [5.41, 5.74) is 0.590. The Morgan fingerprint density at radius 3 is 2.56 bits per heavy atom. The smallest absolute Gasteiger partial charge is 0.339 e. The van der Waals surface area contributed by atoms with E-state index in [2.05, 4.69) is 5.10 Å². The monoisotopic (exact) mass is 248 g/mol. The number of aromatic carboxylic acids is 1. The van der Waals surface area contributed by atoms with Crippen molar-refractivity contribution in [2.24, 2.45) is 7.05 Å². The molecule has 0 saturated heterocycles. The Morgan fingerprint density at radius 1 is 1.44 bits per heavy atom. The minimum atomic E-state index is -0.995. The quantitative estimate of drug-likeness (QED) is 0.887. The first-order chi connectivity index (χ1) is 8.30. The van der Waals surface area contributed by atoms with E-state index in [1.165, 1.54) is 0 Å². The molecule has 96 valence electrons. The van der Waals surface area contributed by atoms with Crippen LogP contribution in [-0.2, 0) is 12.5 Å². The maximum atomic E-state index is 11.3. The molecule has 0 unspecified atom stereocenters. The average molecular weight is 248 g/mol. The van der Waals surface area contributed by atoms with Crippen molar-refractivity contribution in [2.75, 3.05) is 0 Å². The lowest BCUT2D eigenvalue weighted by molar-refractivity contribution is 0.0697. The van der Waals surface area contributed by atoms with Gasteiger partial charge in [0.05, 0.1) is 0 Å². The van der Waals surface area contributed by atoms with Gasteiger partial charge in [-0.2, -0.15) is 5.10 Å². The first-order valence-electron chi connectivity index (χ1n) is 5.66. The first-order valence-corrected chi connectivity index (χ1v) is 5.66. The molecule has 0 aliphatic heterocycles. The molecule has 2 rings (SSSR count). The third kappa shape index (κ3) is 2.03. The second kappa shape index (κ2) is 4.01. The Morgan fingerprint density at radius 2 is 2.11 bits per heavy atom. The fraction of sp³-hybridized carbons (Fsp3) is 0.385. The van der Waals surface area contributed by atoms with Gasteiger partial charge in [-0.1, -0.05) is 20.8 Å². The fourth-order valence-corrected chi connectivity index (χ4v) is 1.71. The van der Waals surface area contributed by atoms with Crippen molar-refractivity contribution < 1.29 is 14.3 Å². The van der Waals surface area contributed by atoms with Crippen molar-refractivity contribution in [1.82, 2.24) is 9.78 Å². The van der Waals surface area contributed by atoms with Crippen LogP contribution in [-0.4, -0.2) is 20.9 Å². The molecular formula is C13H16N2O3. The van der Waals surface area contributed by atoms with Gasteiger partial charge in [-0.25, -0.2) is 4.79 Å². The number of hydrogen-bond donors (Lipinski definition) is 1. The number of carboxylic acid groups (broad SMARTS) is 1. The average Bonchev–Trinajstić information content (AvgIpc) is 2.81. The minimum absolute atomic E-state index is 0.170. The van der Waals surface area contributed by atoms with Crippen LogP contribution in [0.25, 0.3) is 11.5 Å². The van der Waals surface area contributed by atoms with Crippen molar-refractivity contribution in [1.29, 1.82) is 0 Å². The number of aryl methyl sites for hydroxylation is 1. The Kier molecular flexibility index (Phi) is 2.77. The predicted molar refractivity (Wildman–Crippen MR) is 66.6 cm³/mol. The van der Waals surface area contributed by atoms with E-state index in [1.54, 1.807) is 30.1 Å². The molecule has 0 aliphatic rings. The molecule has 0 aromatic carbocycles. The van der Waals surface area contributed by atoms with Gasteiger partial charge in [-0.15, -0.1) is 0 Å². The molecule has 5 nitrogen and oxygen atoms in total. The van der Waals surface area contributed by atoms with Gasteiger partial charge in [0.25, 0.3) is 0 Å². The van der Waals surface area contributed by atoms with Gasteiger partial charge < -0.3 is 9.52 Å². The second-order valence-electron chi connectivity index (χ2n) is 5.25. The summed E-state index contributed by atoms with van der Waals surface area (Å²) in [7, 11) is 1.75. The number of carbonyl (C=O) groups is 1. The van der Waals surface area contributed by atoms with Gasteiger partial charge in [0.2, 0.25) is 0 Å². The van der Waals surface area contributed by atoms with E-state index in [1.807, 2.05) is 20.8 Å². The maximum Gasteiger partial charge on any atom is 0.339 e. The highest BCUT2D eigenvalue weighted by atomic mass is 16.4. The molecule has 0 atom stereocenters. The summed E-state index contributed by atoms with van der Waals surface area (Å²) in [6, 6.07) is 3.32. The molecule has 0 fully saturated rings. The highest BCUT2D eigenvalue weighted by Gasteiger charge is 2.26. The van der Waals surface area contributed by atoms with Gasteiger partial charge in [-0.3, -0.25) is 4.68 Å². The topological polar surface area (TPSA) is 68.3 Å². The molecule has 0 spiro atoms. The van der Waals surface area contributed by atoms with E-state index in [9.17, 15) is 9.90 Å². The third-order valence-electron chi connectivity index (χ3n) is 2.76. The maximum absolute atomic E-state index is 11.3. The highest BCUT2D eigenvalue weighted by molar-refractivity contribution is 5.94. The van der Waals surface area contributed by atoms with E-state index in [4.69, 9.17) is 4.42 Å². The Balaban J connectivity index is 2.63. The molecule has 0 saturated carbocycles. The van der Waals surface area contributed by atoms with Gasteiger partial charge in [-0.05, 0) is 12.1 Å². The number of carboxylic acids is 1. The molecule has 1 N–H and O–H groups in total. The summed E-state index contributed by atoms with van der Waals surface area (Å²) < 4.78 is 7.32. The van der Waals surface area contributed by atoms with Crippen LogP contribution in [0.5, 0.6) is 0 Å². The van der Waals surface area contributed by atoms with E-state index in [-0.39, 0.29) is 11.0 Å². The summed E-state index contributed by atoms with van der Waals surface area (Å²) in [5.74, 6) is 0.00831. The van der Waals surface area contributed by atoms with Gasteiger partial charge >= 0.3 is 5.97 Å². The number of hydrogen-bond acceptors (Lipinski definition) is 3. The molecule has 18 heavy (non-hydrogen) atoms. The SMILES string of the molecule is Cn1nccc1-c1oc(C(C)(C)C)cc1C(=O)O. The molecule has 0 bridgehead atoms. The zero-order chi connectivity index (χ0) is 13.5. The van der Waals surface area contributed by atoms with Crippen LogP contribution in [0, 0.1) is 0 Å². The van der Waals surface area contributed by atoms with Crippen LogP contribution in [0.3, 0.4) is 0 Å². The van der Waals surface area contributed by atoms with Gasteiger partial charge in [0, 0.05) is 18.7 Å². The van der Waals surface area contributed by atoms with Crippen LogP contribution in [0.15, 0.2) is 22.7 Å². The van der Waals surface area contributed by atoms with Crippen LogP contribution in [0.1, 0.15) is 36.9 Å². The molecule has 2 aromatic rings. The standard InChI is InChI=1S/C13H16N2O3/c1-13(2,3)10-7-8(12(16)17)11(18-10)9-5-6-14-15(9)4/h5-7H,1-4H3,(H,16,17). The first kappa shape index (κ1) is 12.4. The zero-order valence-electron chi connectivity index (χ0n) is 10.9. The van der Waals surface area contributed by atoms with Crippen molar-refractivity contribution in [3.8, 4) is 11.5 Å². The van der Waals surface area contributed by atoms with Crippen molar-refractivity contribution >= 4 is 5.97 Å². The number of rotatable bonds is 2. The number of aromatic nitrogens is 2. The lowest BCUT2D eigenvalue weighted by Gasteiger charge is -2.13. The number of nitrogens with zero attached hydrogens (tertiary/aromatic N) is 2. The molecule has 2 heterocycles. The lowest BCUT2D eigenvalue weighted by atomic mass is 9.93. The van der Waals surface area contributed by atoms with Gasteiger partial charge in [0.15, 0.2) is 5.76 Å². The van der Waals surface area contributed by atoms with E-state index >= 15 is 0 Å². The lowest BCUT2D eigenvalue weighted by Crippen LogP contribution is -2.09. The van der Waals surface area contributed by atoms with E-state index in [0.717, 1.165) is 0 Å². The summed E-state index contributed by atoms with van der Waals surface area (Å²) in [6.07, 6.45) is 1.61. The van der Waals surface area contributed by atoms with Crippen LogP contribution in [0.2, 0.25) is 0 Å². The summed E-state index contributed by atoms with van der Waals surface area (Å²) in [5, 5.41) is 13.3. The van der Waals surface area contributed by atoms with Crippen molar-refractivity contribution in [2.45, 2.75) is 26.2 Å². The summed E-state index contributed by atoms with van der Waals surface area (Å²) in [6.45, 7) is 5.93.